The zero-order valence-electron chi connectivity index (χ0n) is 11.4. The van der Waals surface area contributed by atoms with Gasteiger partial charge in [-0.2, -0.15) is 0 Å². The fraction of sp³-hybridized carbons (Fsp3) is 0.833. The van der Waals surface area contributed by atoms with Crippen LogP contribution >= 0.6 is 11.8 Å². The van der Waals surface area contributed by atoms with Crippen LogP contribution in [0.15, 0.2) is 0 Å². The van der Waals surface area contributed by atoms with Crippen molar-refractivity contribution in [2.75, 3.05) is 19.8 Å². The minimum atomic E-state index is -0.452. The van der Waals surface area contributed by atoms with Crippen LogP contribution in [-0.4, -0.2) is 47.9 Å². The van der Waals surface area contributed by atoms with Gasteiger partial charge in [0.1, 0.15) is 6.04 Å². The average Bonchev–Trinajstić information content (AvgIpc) is 2.27. The van der Waals surface area contributed by atoms with Gasteiger partial charge in [0.25, 0.3) is 0 Å². The third-order valence-electron chi connectivity index (χ3n) is 2.40. The first kappa shape index (κ1) is 16.3. The molecule has 0 aromatic carbocycles. The highest BCUT2D eigenvalue weighted by atomic mass is 32.2. The Kier molecular flexibility index (Phi) is 8.04. The van der Waals surface area contributed by atoms with Crippen LogP contribution in [0.5, 0.6) is 0 Å². The second kappa shape index (κ2) is 8.39. The molecule has 0 saturated carbocycles. The van der Waals surface area contributed by atoms with Crippen molar-refractivity contribution >= 4 is 23.6 Å². The molecule has 1 N–H and O–H groups in total. The van der Waals surface area contributed by atoms with Gasteiger partial charge in [-0.3, -0.25) is 9.59 Å². The largest absolute Gasteiger partial charge is 0.347 e. The number of hydrogen-bond donors (Lipinski definition) is 1. The Morgan fingerprint density at radius 3 is 2.35 bits per heavy atom. The highest BCUT2D eigenvalue weighted by Gasteiger charge is 2.20. The van der Waals surface area contributed by atoms with Gasteiger partial charge in [-0.25, -0.2) is 0 Å². The van der Waals surface area contributed by atoms with E-state index in [-0.39, 0.29) is 17.1 Å². The summed E-state index contributed by atoms with van der Waals surface area (Å²) in [4.78, 5) is 24.8. The number of amides is 2. The molecule has 0 saturated heterocycles. The summed E-state index contributed by atoms with van der Waals surface area (Å²) in [6.45, 7) is 5.72. The third kappa shape index (κ3) is 6.56. The fourth-order valence-corrected chi connectivity index (χ4v) is 2.29. The van der Waals surface area contributed by atoms with Gasteiger partial charge >= 0.3 is 0 Å². The number of hydrogen-bond acceptors (Lipinski definition) is 3. The van der Waals surface area contributed by atoms with E-state index in [0.717, 1.165) is 18.6 Å². The SMILES string of the molecule is CCCCSC(C)C(=O)NC(C)C(=O)N(C)C. The van der Waals surface area contributed by atoms with E-state index in [1.54, 1.807) is 32.8 Å². The van der Waals surface area contributed by atoms with Crippen molar-refractivity contribution in [2.45, 2.75) is 44.9 Å². The molecule has 0 bridgehead atoms. The van der Waals surface area contributed by atoms with E-state index in [2.05, 4.69) is 12.2 Å². The number of nitrogens with one attached hydrogen (secondary N) is 1. The van der Waals surface area contributed by atoms with Gasteiger partial charge in [-0.1, -0.05) is 13.3 Å². The van der Waals surface area contributed by atoms with Crippen molar-refractivity contribution < 1.29 is 9.59 Å². The third-order valence-corrected chi connectivity index (χ3v) is 3.64. The van der Waals surface area contributed by atoms with E-state index in [9.17, 15) is 9.59 Å². The van der Waals surface area contributed by atoms with Gasteiger partial charge in [0, 0.05) is 14.1 Å². The van der Waals surface area contributed by atoms with Crippen molar-refractivity contribution in [1.82, 2.24) is 10.2 Å². The normalized spacial score (nSPS) is 13.9. The predicted molar refractivity (Wildman–Crippen MR) is 73.1 cm³/mol. The van der Waals surface area contributed by atoms with Crippen molar-refractivity contribution in [3.05, 3.63) is 0 Å². The zero-order chi connectivity index (χ0) is 13.4. The smallest absolute Gasteiger partial charge is 0.244 e. The van der Waals surface area contributed by atoms with Gasteiger partial charge < -0.3 is 10.2 Å². The van der Waals surface area contributed by atoms with E-state index in [4.69, 9.17) is 0 Å². The summed E-state index contributed by atoms with van der Waals surface area (Å²) in [5, 5.41) is 2.64. The monoisotopic (exact) mass is 260 g/mol. The number of carbonyl (C=O) groups is 2. The summed E-state index contributed by atoms with van der Waals surface area (Å²) in [6.07, 6.45) is 2.26. The predicted octanol–water partition coefficient (Wildman–Crippen LogP) is 1.50. The molecule has 0 fully saturated rings. The molecule has 5 heteroatoms. The molecule has 2 atom stereocenters. The second-order valence-corrected chi connectivity index (χ2v) is 5.78. The minimum absolute atomic E-state index is 0.0613. The molecular weight excluding hydrogens is 236 g/mol. The molecule has 0 aromatic heterocycles. The molecule has 0 aromatic rings. The van der Waals surface area contributed by atoms with Crippen LogP contribution in [0.25, 0.3) is 0 Å². The van der Waals surface area contributed by atoms with E-state index in [0.29, 0.717) is 0 Å². The Labute approximate surface area is 109 Å². The number of likely N-dealkylation sites (N-methyl/N-ethyl adjacent to an activating group) is 1. The molecule has 17 heavy (non-hydrogen) atoms. The highest BCUT2D eigenvalue weighted by molar-refractivity contribution is 8.00. The van der Waals surface area contributed by atoms with Crippen molar-refractivity contribution in [3.8, 4) is 0 Å². The summed E-state index contributed by atoms with van der Waals surface area (Å²) < 4.78 is 0. The maximum atomic E-state index is 11.8. The minimum Gasteiger partial charge on any atom is -0.347 e. The van der Waals surface area contributed by atoms with Crippen LogP contribution < -0.4 is 5.32 Å². The standard InChI is InChI=1S/C12H24N2O2S/c1-6-7-8-17-10(3)11(15)13-9(2)12(16)14(4)5/h9-10H,6-8H2,1-5H3,(H,13,15). The summed E-state index contributed by atoms with van der Waals surface area (Å²) in [5.74, 6) is 0.846. The van der Waals surface area contributed by atoms with Crippen LogP contribution in [-0.2, 0) is 9.59 Å². The Bertz CT molecular complexity index is 257. The van der Waals surface area contributed by atoms with Crippen LogP contribution in [0, 0.1) is 0 Å². The molecular formula is C12H24N2O2S. The molecule has 0 heterocycles. The molecule has 4 nitrogen and oxygen atoms in total. The molecule has 2 unspecified atom stereocenters. The van der Waals surface area contributed by atoms with E-state index in [1.165, 1.54) is 4.90 Å². The molecule has 2 amide bonds. The molecule has 0 radical (unpaired) electrons. The van der Waals surface area contributed by atoms with Crippen LogP contribution in [0.3, 0.4) is 0 Å². The maximum Gasteiger partial charge on any atom is 0.244 e. The lowest BCUT2D eigenvalue weighted by Crippen LogP contribution is -2.46. The molecule has 0 aliphatic rings. The van der Waals surface area contributed by atoms with Gasteiger partial charge in [0.05, 0.1) is 5.25 Å². The first-order valence-corrected chi connectivity index (χ1v) is 7.08. The first-order valence-electron chi connectivity index (χ1n) is 6.03. The Balaban J connectivity index is 4.02. The highest BCUT2D eigenvalue weighted by Crippen LogP contribution is 2.12. The number of thioether (sulfide) groups is 1. The van der Waals surface area contributed by atoms with E-state index in [1.807, 2.05) is 6.92 Å². The molecule has 0 aliphatic carbocycles. The zero-order valence-corrected chi connectivity index (χ0v) is 12.3. The average molecular weight is 260 g/mol. The van der Waals surface area contributed by atoms with Crippen molar-refractivity contribution in [3.63, 3.8) is 0 Å². The summed E-state index contributed by atoms with van der Waals surface area (Å²) >= 11 is 1.63. The van der Waals surface area contributed by atoms with Crippen LogP contribution in [0.1, 0.15) is 33.6 Å². The number of carbonyl (C=O) groups excluding carboxylic acids is 2. The van der Waals surface area contributed by atoms with Gasteiger partial charge in [-0.15, -0.1) is 11.8 Å². The molecule has 100 valence electrons. The summed E-state index contributed by atoms with van der Waals surface area (Å²) in [7, 11) is 3.37. The lowest BCUT2D eigenvalue weighted by atomic mass is 10.3. The summed E-state index contributed by atoms with van der Waals surface area (Å²) in [6, 6.07) is -0.452. The topological polar surface area (TPSA) is 49.4 Å². The first-order chi connectivity index (χ1) is 7.90. The lowest BCUT2D eigenvalue weighted by molar-refractivity contribution is -0.133. The van der Waals surface area contributed by atoms with Gasteiger partial charge in [0.2, 0.25) is 11.8 Å². The van der Waals surface area contributed by atoms with E-state index < -0.39 is 6.04 Å². The molecule has 0 aliphatic heterocycles. The molecule has 0 rings (SSSR count). The Morgan fingerprint density at radius 2 is 1.88 bits per heavy atom. The summed E-state index contributed by atoms with van der Waals surface area (Å²) in [5.41, 5.74) is 0. The maximum absolute atomic E-state index is 11.8. The fourth-order valence-electron chi connectivity index (χ4n) is 1.26. The van der Waals surface area contributed by atoms with E-state index >= 15 is 0 Å². The lowest BCUT2D eigenvalue weighted by Gasteiger charge is -2.20. The van der Waals surface area contributed by atoms with Crippen LogP contribution in [0.4, 0.5) is 0 Å². The Hall–Kier alpha value is -0.710. The Morgan fingerprint density at radius 1 is 1.29 bits per heavy atom. The second-order valence-electron chi connectivity index (χ2n) is 4.33. The van der Waals surface area contributed by atoms with Gasteiger partial charge in [0.15, 0.2) is 0 Å². The van der Waals surface area contributed by atoms with Crippen LogP contribution in [0.2, 0.25) is 0 Å². The quantitative estimate of drug-likeness (QED) is 0.706. The number of unbranched alkanes of at least 4 members (excludes halogenated alkanes) is 1. The van der Waals surface area contributed by atoms with Crippen molar-refractivity contribution in [2.24, 2.45) is 0 Å². The number of nitrogens with zero attached hydrogens (tertiary/aromatic N) is 1. The van der Waals surface area contributed by atoms with Gasteiger partial charge in [-0.05, 0) is 26.0 Å². The molecule has 0 spiro atoms. The van der Waals surface area contributed by atoms with Crippen molar-refractivity contribution in [1.29, 1.82) is 0 Å². The number of rotatable bonds is 7.